The molecule has 3 N–H and O–H groups in total. The molecule has 16 nitrogen and oxygen atoms in total. The minimum absolute atomic E-state index is 0.153. The second-order valence-electron chi connectivity index (χ2n) is 14.1. The molecular formula is C46H31ClF14N4O12. The number of anilines is 2. The van der Waals surface area contributed by atoms with Gasteiger partial charge in [0.25, 0.3) is 11.1 Å². The SMILES string of the molecule is COC(=O)c1cc(N)ccn1.COC(=O)c1cc(NC(=O)c2c(Oc3ccc(OC(F)(F)F)cc3OC)ccc(C(F)(F)F)c2F)ccn1.COc1cc(OC(F)(F)F)ccc1Oc1ccc(C(F)(F)F)c(F)c1C(=O)Cl. The standard InChI is InChI=1S/C23H15F7N2O6.C16H8ClF7O4.C7H8N2O2/c1-35-17-10-12(38-23(28,29)30)3-5-15(17)37-16-6-4-13(22(25,26)27)19(24)18(16)20(33)32-11-7-8-31-14(9-11)21(34)36-2;1-26-11-6-7(28-16(22,23)24)2-4-9(11)27-10-5-3-8(15(19,20)21)13(18)12(10)14(17)25;1-11-7(10)6-4-5(8)2-3-9-6/h3-10H,1-2H3,(H,31,32,33);2-6H,1H3;2-4H,1H3,(H2,8,9). The molecule has 0 fully saturated rings. The number of aromatic nitrogens is 2. The van der Waals surface area contributed by atoms with Gasteiger partial charge in [-0.3, -0.25) is 9.59 Å². The van der Waals surface area contributed by atoms with E-state index in [-0.39, 0.29) is 40.1 Å². The molecule has 412 valence electrons. The van der Waals surface area contributed by atoms with Crippen molar-refractivity contribution in [1.82, 2.24) is 9.97 Å². The summed E-state index contributed by atoms with van der Waals surface area (Å²) in [6, 6.07) is 12.1. The molecule has 0 atom stereocenters. The Morgan fingerprint density at radius 3 is 1.31 bits per heavy atom. The Labute approximate surface area is 427 Å². The van der Waals surface area contributed by atoms with Crippen LogP contribution < -0.4 is 39.5 Å². The number of hydrogen-bond acceptors (Lipinski definition) is 15. The molecule has 4 aromatic carbocycles. The van der Waals surface area contributed by atoms with Crippen molar-refractivity contribution in [3.05, 3.63) is 143 Å². The van der Waals surface area contributed by atoms with Gasteiger partial charge in [-0.2, -0.15) is 26.3 Å². The first kappa shape index (κ1) is 60.7. The van der Waals surface area contributed by atoms with E-state index in [0.717, 1.165) is 70.0 Å². The Bertz CT molecular complexity index is 3120. The number of ether oxygens (including phenoxy) is 8. The van der Waals surface area contributed by atoms with E-state index in [1.807, 2.05) is 0 Å². The highest BCUT2D eigenvalue weighted by Crippen LogP contribution is 2.43. The summed E-state index contributed by atoms with van der Waals surface area (Å²) in [6.45, 7) is 0. The van der Waals surface area contributed by atoms with E-state index in [0.29, 0.717) is 30.0 Å². The van der Waals surface area contributed by atoms with Crippen LogP contribution in [0.25, 0.3) is 0 Å². The van der Waals surface area contributed by atoms with Crippen molar-refractivity contribution in [1.29, 1.82) is 0 Å². The lowest BCUT2D eigenvalue weighted by molar-refractivity contribution is -0.275. The monoisotopic (exact) mass is 1130 g/mol. The highest BCUT2D eigenvalue weighted by Gasteiger charge is 2.39. The van der Waals surface area contributed by atoms with Gasteiger partial charge >= 0.3 is 37.0 Å². The van der Waals surface area contributed by atoms with Gasteiger partial charge in [0.2, 0.25) is 0 Å². The number of pyridine rings is 2. The Morgan fingerprint density at radius 1 is 0.519 bits per heavy atom. The molecule has 0 aliphatic rings. The number of esters is 2. The highest BCUT2D eigenvalue weighted by molar-refractivity contribution is 6.68. The van der Waals surface area contributed by atoms with Crippen LogP contribution >= 0.6 is 11.6 Å². The first-order valence-electron chi connectivity index (χ1n) is 20.2. The maximum Gasteiger partial charge on any atom is 0.573 e. The lowest BCUT2D eigenvalue weighted by Gasteiger charge is -2.18. The van der Waals surface area contributed by atoms with Crippen LogP contribution in [-0.4, -0.2) is 74.2 Å². The summed E-state index contributed by atoms with van der Waals surface area (Å²) >= 11 is 5.17. The van der Waals surface area contributed by atoms with Crippen molar-refractivity contribution in [2.75, 3.05) is 39.5 Å². The van der Waals surface area contributed by atoms with Crippen LogP contribution in [0.5, 0.6) is 46.0 Å². The number of methoxy groups -OCH3 is 4. The van der Waals surface area contributed by atoms with Crippen molar-refractivity contribution < 1.29 is 119 Å². The van der Waals surface area contributed by atoms with Crippen LogP contribution in [-0.2, 0) is 21.8 Å². The van der Waals surface area contributed by atoms with E-state index in [4.69, 9.17) is 36.3 Å². The Morgan fingerprint density at radius 2 is 0.922 bits per heavy atom. The molecule has 2 heterocycles. The third-order valence-corrected chi connectivity index (χ3v) is 9.20. The number of benzene rings is 4. The lowest BCUT2D eigenvalue weighted by Crippen LogP contribution is -2.19. The minimum Gasteiger partial charge on any atom is -0.493 e. The molecule has 0 bridgehead atoms. The van der Waals surface area contributed by atoms with E-state index < -0.39 is 105 Å². The summed E-state index contributed by atoms with van der Waals surface area (Å²) in [5.41, 5.74) is -0.223. The Hall–Kier alpha value is -8.83. The number of hydrogen-bond donors (Lipinski definition) is 2. The van der Waals surface area contributed by atoms with Crippen LogP contribution in [0.15, 0.2) is 97.3 Å². The van der Waals surface area contributed by atoms with Gasteiger partial charge in [0.1, 0.15) is 45.5 Å². The largest absolute Gasteiger partial charge is 0.573 e. The third kappa shape index (κ3) is 17.1. The van der Waals surface area contributed by atoms with Crippen molar-refractivity contribution >= 4 is 46.1 Å². The predicted octanol–water partition coefficient (Wildman–Crippen LogP) is 12.4. The van der Waals surface area contributed by atoms with E-state index >= 15 is 4.39 Å². The van der Waals surface area contributed by atoms with Crippen molar-refractivity contribution in [3.8, 4) is 46.0 Å². The fourth-order valence-corrected chi connectivity index (χ4v) is 5.97. The number of nitrogens with zero attached hydrogens (tertiary/aromatic N) is 2. The minimum atomic E-state index is -5.19. The van der Waals surface area contributed by atoms with Crippen LogP contribution in [0.4, 0.5) is 72.8 Å². The first-order chi connectivity index (χ1) is 35.8. The molecule has 0 radical (unpaired) electrons. The molecule has 6 aromatic rings. The van der Waals surface area contributed by atoms with E-state index in [1.165, 1.54) is 25.4 Å². The molecule has 0 saturated heterocycles. The van der Waals surface area contributed by atoms with Crippen molar-refractivity contribution in [3.63, 3.8) is 0 Å². The van der Waals surface area contributed by atoms with Gasteiger partial charge < -0.3 is 48.9 Å². The smallest absolute Gasteiger partial charge is 0.493 e. The molecule has 0 aliphatic heterocycles. The number of nitrogen functional groups attached to an aromatic ring is 1. The summed E-state index contributed by atoms with van der Waals surface area (Å²) in [7, 11) is 4.46. The zero-order valence-electron chi connectivity index (χ0n) is 38.8. The highest BCUT2D eigenvalue weighted by atomic mass is 35.5. The van der Waals surface area contributed by atoms with E-state index in [1.54, 1.807) is 6.07 Å². The molecule has 0 unspecified atom stereocenters. The summed E-state index contributed by atoms with van der Waals surface area (Å²) in [5, 5.41) is 0.562. The number of rotatable bonds is 13. The van der Waals surface area contributed by atoms with Gasteiger partial charge in [0.05, 0.1) is 39.6 Å². The number of nitrogens with one attached hydrogen (secondary N) is 1. The third-order valence-electron chi connectivity index (χ3n) is 9.01. The van der Waals surface area contributed by atoms with Gasteiger partial charge in [-0.05, 0) is 84.4 Å². The average molecular weight is 1130 g/mol. The number of carbonyl (C=O) groups is 4. The number of alkyl halides is 12. The summed E-state index contributed by atoms with van der Waals surface area (Å²) in [4.78, 5) is 54.3. The topological polar surface area (TPSA) is 206 Å². The molecule has 0 saturated carbocycles. The normalized spacial score (nSPS) is 11.3. The van der Waals surface area contributed by atoms with Crippen molar-refractivity contribution in [2.45, 2.75) is 25.1 Å². The fourth-order valence-electron chi connectivity index (χ4n) is 5.80. The fraction of sp³-hybridized carbons (Fsp3) is 0.174. The van der Waals surface area contributed by atoms with Crippen molar-refractivity contribution in [2.24, 2.45) is 0 Å². The molecule has 0 spiro atoms. The van der Waals surface area contributed by atoms with E-state index in [9.17, 15) is 76.3 Å². The first-order valence-corrected chi connectivity index (χ1v) is 20.6. The zero-order chi connectivity index (χ0) is 57.8. The number of nitrogens with two attached hydrogens (primary N) is 1. The summed E-state index contributed by atoms with van der Waals surface area (Å²) < 4.78 is 219. The van der Waals surface area contributed by atoms with Gasteiger partial charge in [0, 0.05) is 35.9 Å². The van der Waals surface area contributed by atoms with Gasteiger partial charge in [-0.25, -0.2) is 28.3 Å². The second-order valence-corrected chi connectivity index (χ2v) is 14.5. The summed E-state index contributed by atoms with van der Waals surface area (Å²) in [5.74, 6) is -11.0. The van der Waals surface area contributed by atoms with Gasteiger partial charge in [-0.1, -0.05) is 0 Å². The average Bonchev–Trinajstić information content (AvgIpc) is 3.33. The molecular weight excluding hydrogens is 1100 g/mol. The van der Waals surface area contributed by atoms with Gasteiger partial charge in [-0.15, -0.1) is 26.3 Å². The van der Waals surface area contributed by atoms with Crippen LogP contribution in [0.2, 0.25) is 0 Å². The molecule has 77 heavy (non-hydrogen) atoms. The summed E-state index contributed by atoms with van der Waals surface area (Å²) in [6.07, 6.45) is -17.8. The Kier molecular flexibility index (Phi) is 19.8. The van der Waals surface area contributed by atoms with Crippen LogP contribution in [0.3, 0.4) is 0 Å². The molecule has 31 heteroatoms. The van der Waals surface area contributed by atoms with Crippen LogP contribution in [0, 0.1) is 11.6 Å². The maximum absolute atomic E-state index is 15.1. The number of carbonyl (C=O) groups excluding carboxylic acids is 4. The predicted molar refractivity (Wildman–Crippen MR) is 236 cm³/mol. The molecule has 6 rings (SSSR count). The van der Waals surface area contributed by atoms with Crippen LogP contribution in [0.1, 0.15) is 52.8 Å². The molecule has 1 amide bonds. The number of halogens is 15. The van der Waals surface area contributed by atoms with E-state index in [2.05, 4.69) is 34.2 Å². The lowest BCUT2D eigenvalue weighted by atomic mass is 10.1. The molecule has 0 aliphatic carbocycles. The molecule has 2 aromatic heterocycles. The zero-order valence-corrected chi connectivity index (χ0v) is 39.5. The quantitative estimate of drug-likeness (QED) is 0.0627. The Balaban J connectivity index is 0.000000285. The maximum atomic E-state index is 15.1. The second kappa shape index (κ2) is 25.1. The number of amides is 1. The van der Waals surface area contributed by atoms with Gasteiger partial charge in [0.15, 0.2) is 34.6 Å².